The molecule has 0 unspecified atom stereocenters. The van der Waals surface area contributed by atoms with Gasteiger partial charge in [0.25, 0.3) is 0 Å². The number of aryl methyl sites for hydroxylation is 1. The summed E-state index contributed by atoms with van der Waals surface area (Å²) in [5.74, 6) is 1.93. The zero-order chi connectivity index (χ0) is 13.2. The van der Waals surface area contributed by atoms with E-state index in [0.29, 0.717) is 0 Å². The SMILES string of the molecule is CCCNc1n[nH]c2c1CCc1cc(OC)ccc1-2. The van der Waals surface area contributed by atoms with Crippen molar-refractivity contribution < 1.29 is 4.74 Å². The van der Waals surface area contributed by atoms with Crippen molar-refractivity contribution >= 4 is 5.82 Å². The van der Waals surface area contributed by atoms with Gasteiger partial charge in [-0.1, -0.05) is 6.92 Å². The number of benzene rings is 1. The molecule has 0 bridgehead atoms. The lowest BCUT2D eigenvalue weighted by Gasteiger charge is -2.17. The Hall–Kier alpha value is -1.97. The average Bonchev–Trinajstić information content (AvgIpc) is 2.87. The van der Waals surface area contributed by atoms with E-state index in [-0.39, 0.29) is 0 Å². The van der Waals surface area contributed by atoms with Crippen LogP contribution in [0.1, 0.15) is 24.5 Å². The summed E-state index contributed by atoms with van der Waals surface area (Å²) in [5.41, 5.74) is 5.05. The van der Waals surface area contributed by atoms with Gasteiger partial charge < -0.3 is 10.1 Å². The van der Waals surface area contributed by atoms with Crippen LogP contribution in [-0.4, -0.2) is 23.9 Å². The van der Waals surface area contributed by atoms with Crippen molar-refractivity contribution in [1.82, 2.24) is 10.2 Å². The Morgan fingerprint density at radius 2 is 2.26 bits per heavy atom. The summed E-state index contributed by atoms with van der Waals surface area (Å²) in [6.45, 7) is 3.13. The molecule has 0 radical (unpaired) electrons. The van der Waals surface area contributed by atoms with Crippen molar-refractivity contribution in [2.75, 3.05) is 19.0 Å². The van der Waals surface area contributed by atoms with Gasteiger partial charge in [-0.2, -0.15) is 5.10 Å². The number of fused-ring (bicyclic) bond motifs is 3. The Morgan fingerprint density at radius 1 is 1.37 bits per heavy atom. The summed E-state index contributed by atoms with van der Waals surface area (Å²) in [7, 11) is 1.71. The van der Waals surface area contributed by atoms with Crippen LogP contribution in [0.3, 0.4) is 0 Å². The van der Waals surface area contributed by atoms with Crippen LogP contribution in [0.4, 0.5) is 5.82 Å². The van der Waals surface area contributed by atoms with E-state index in [1.807, 2.05) is 6.07 Å². The molecular weight excluding hydrogens is 238 g/mol. The number of ether oxygens (including phenoxy) is 1. The van der Waals surface area contributed by atoms with Crippen LogP contribution in [0.15, 0.2) is 18.2 Å². The Balaban J connectivity index is 1.98. The van der Waals surface area contributed by atoms with Crippen LogP contribution in [0.25, 0.3) is 11.3 Å². The van der Waals surface area contributed by atoms with Crippen LogP contribution >= 0.6 is 0 Å². The standard InChI is InChI=1S/C15H19N3O/c1-3-8-16-15-13-6-4-10-9-11(19-2)5-7-12(10)14(13)17-18-15/h5,7,9H,3-4,6,8H2,1-2H3,(H2,16,17,18). The molecule has 0 atom stereocenters. The van der Waals surface area contributed by atoms with Crippen LogP contribution in [0.2, 0.25) is 0 Å². The van der Waals surface area contributed by atoms with Crippen molar-refractivity contribution in [3.63, 3.8) is 0 Å². The molecular formula is C15H19N3O. The minimum Gasteiger partial charge on any atom is -0.497 e. The van der Waals surface area contributed by atoms with E-state index in [1.54, 1.807) is 7.11 Å². The Bertz CT molecular complexity index is 589. The third kappa shape index (κ3) is 2.07. The molecule has 0 fully saturated rings. The van der Waals surface area contributed by atoms with E-state index < -0.39 is 0 Å². The summed E-state index contributed by atoms with van der Waals surface area (Å²) in [6, 6.07) is 6.25. The number of anilines is 1. The maximum atomic E-state index is 5.29. The highest BCUT2D eigenvalue weighted by atomic mass is 16.5. The molecule has 0 spiro atoms. The predicted molar refractivity (Wildman–Crippen MR) is 76.8 cm³/mol. The van der Waals surface area contributed by atoms with Gasteiger partial charge in [0.2, 0.25) is 0 Å². The number of aromatic amines is 1. The van der Waals surface area contributed by atoms with E-state index in [1.165, 1.54) is 16.7 Å². The molecule has 2 aromatic rings. The van der Waals surface area contributed by atoms with Crippen molar-refractivity contribution in [3.8, 4) is 17.0 Å². The molecule has 1 aliphatic rings. The van der Waals surface area contributed by atoms with E-state index >= 15 is 0 Å². The molecule has 1 aromatic carbocycles. The number of hydrogen-bond acceptors (Lipinski definition) is 3. The highest BCUT2D eigenvalue weighted by molar-refractivity contribution is 5.74. The zero-order valence-corrected chi connectivity index (χ0v) is 11.4. The third-order valence-electron chi connectivity index (χ3n) is 3.64. The van der Waals surface area contributed by atoms with E-state index in [0.717, 1.165) is 43.1 Å². The average molecular weight is 257 g/mol. The van der Waals surface area contributed by atoms with Gasteiger partial charge >= 0.3 is 0 Å². The minimum absolute atomic E-state index is 0.922. The lowest BCUT2D eigenvalue weighted by atomic mass is 9.90. The first-order valence-corrected chi connectivity index (χ1v) is 6.82. The summed E-state index contributed by atoms with van der Waals surface area (Å²) >= 11 is 0. The number of hydrogen-bond donors (Lipinski definition) is 2. The van der Waals surface area contributed by atoms with Gasteiger partial charge in [0.15, 0.2) is 5.82 Å². The lowest BCUT2D eigenvalue weighted by molar-refractivity contribution is 0.414. The topological polar surface area (TPSA) is 49.9 Å². The molecule has 0 saturated heterocycles. The molecule has 4 nitrogen and oxygen atoms in total. The van der Waals surface area contributed by atoms with Gasteiger partial charge in [-0.3, -0.25) is 5.10 Å². The summed E-state index contributed by atoms with van der Waals surface area (Å²) in [5, 5.41) is 11.0. The predicted octanol–water partition coefficient (Wildman–Crippen LogP) is 3.01. The minimum atomic E-state index is 0.922. The molecule has 2 N–H and O–H groups in total. The maximum Gasteiger partial charge on any atom is 0.151 e. The highest BCUT2D eigenvalue weighted by Gasteiger charge is 2.21. The third-order valence-corrected chi connectivity index (χ3v) is 3.64. The van der Waals surface area contributed by atoms with Gasteiger partial charge in [-0.05, 0) is 43.0 Å². The van der Waals surface area contributed by atoms with Gasteiger partial charge in [0.05, 0.1) is 12.8 Å². The normalized spacial score (nSPS) is 12.7. The second kappa shape index (κ2) is 4.96. The zero-order valence-electron chi connectivity index (χ0n) is 11.4. The van der Waals surface area contributed by atoms with Crippen molar-refractivity contribution in [2.45, 2.75) is 26.2 Å². The number of methoxy groups -OCH3 is 1. The van der Waals surface area contributed by atoms with Crippen molar-refractivity contribution in [3.05, 3.63) is 29.3 Å². The smallest absolute Gasteiger partial charge is 0.151 e. The number of aromatic nitrogens is 2. The Kier molecular flexibility index (Phi) is 3.15. The van der Waals surface area contributed by atoms with Gasteiger partial charge in [-0.25, -0.2) is 0 Å². The first-order chi connectivity index (χ1) is 9.33. The number of nitrogens with zero attached hydrogens (tertiary/aromatic N) is 1. The molecule has 1 aliphatic carbocycles. The molecule has 19 heavy (non-hydrogen) atoms. The largest absolute Gasteiger partial charge is 0.497 e. The number of rotatable bonds is 4. The Labute approximate surface area is 113 Å². The molecule has 1 aromatic heterocycles. The second-order valence-electron chi connectivity index (χ2n) is 4.88. The molecule has 0 aliphatic heterocycles. The molecule has 0 amide bonds. The highest BCUT2D eigenvalue weighted by Crippen LogP contribution is 2.36. The molecule has 100 valence electrons. The first kappa shape index (κ1) is 12.1. The van der Waals surface area contributed by atoms with Crippen LogP contribution < -0.4 is 10.1 Å². The van der Waals surface area contributed by atoms with Crippen molar-refractivity contribution in [1.29, 1.82) is 0 Å². The monoisotopic (exact) mass is 257 g/mol. The summed E-state index contributed by atoms with van der Waals surface area (Å²) in [4.78, 5) is 0. The first-order valence-electron chi connectivity index (χ1n) is 6.82. The van der Waals surface area contributed by atoms with Gasteiger partial charge in [0, 0.05) is 17.7 Å². The number of nitrogens with one attached hydrogen (secondary N) is 2. The summed E-state index contributed by atoms with van der Waals surface area (Å²) in [6.07, 6.45) is 3.17. The van der Waals surface area contributed by atoms with Crippen molar-refractivity contribution in [2.24, 2.45) is 0 Å². The number of H-pyrrole nitrogens is 1. The quantitative estimate of drug-likeness (QED) is 0.885. The van der Waals surface area contributed by atoms with Crippen LogP contribution in [0, 0.1) is 0 Å². The summed E-state index contributed by atoms with van der Waals surface area (Å²) < 4.78 is 5.29. The molecule has 4 heteroatoms. The molecule has 0 saturated carbocycles. The fourth-order valence-electron chi connectivity index (χ4n) is 2.63. The van der Waals surface area contributed by atoms with E-state index in [9.17, 15) is 0 Å². The fourth-order valence-corrected chi connectivity index (χ4v) is 2.63. The maximum absolute atomic E-state index is 5.29. The van der Waals surface area contributed by atoms with Crippen LogP contribution in [-0.2, 0) is 12.8 Å². The fraction of sp³-hybridized carbons (Fsp3) is 0.400. The van der Waals surface area contributed by atoms with Crippen LogP contribution in [0.5, 0.6) is 5.75 Å². The molecule has 1 heterocycles. The second-order valence-corrected chi connectivity index (χ2v) is 4.88. The van der Waals surface area contributed by atoms with Gasteiger partial charge in [-0.15, -0.1) is 0 Å². The van der Waals surface area contributed by atoms with Gasteiger partial charge in [0.1, 0.15) is 5.75 Å². The Morgan fingerprint density at radius 3 is 3.05 bits per heavy atom. The molecule has 3 rings (SSSR count). The van der Waals surface area contributed by atoms with E-state index in [4.69, 9.17) is 4.74 Å². The lowest BCUT2D eigenvalue weighted by Crippen LogP contribution is -2.07. The van der Waals surface area contributed by atoms with E-state index in [2.05, 4.69) is 34.6 Å².